The van der Waals surface area contributed by atoms with Gasteiger partial charge in [0.15, 0.2) is 0 Å². The van der Waals surface area contributed by atoms with Crippen LogP contribution in [0, 0.1) is 6.92 Å². The Balaban J connectivity index is 1.71. The van der Waals surface area contributed by atoms with Gasteiger partial charge < -0.3 is 5.32 Å². The van der Waals surface area contributed by atoms with Crippen LogP contribution in [-0.2, 0) is 13.1 Å². The highest BCUT2D eigenvalue weighted by molar-refractivity contribution is 7.16. The minimum atomic E-state index is 0.847. The Labute approximate surface area is 104 Å². The summed E-state index contributed by atoms with van der Waals surface area (Å²) < 4.78 is 2.84. The molecule has 86 valence electrons. The fourth-order valence-corrected chi connectivity index (χ4v) is 2.53. The number of nitrogens with one attached hydrogen (secondary N) is 1. The summed E-state index contributed by atoms with van der Waals surface area (Å²) in [4.78, 5) is 1.27. The largest absolute Gasteiger partial charge is 0.310 e. The van der Waals surface area contributed by atoms with E-state index >= 15 is 0 Å². The van der Waals surface area contributed by atoms with Crippen molar-refractivity contribution in [1.29, 1.82) is 0 Å². The lowest BCUT2D eigenvalue weighted by atomic mass is 10.4. The summed E-state index contributed by atoms with van der Waals surface area (Å²) in [6, 6.07) is 6.00. The van der Waals surface area contributed by atoms with Crippen molar-refractivity contribution in [3.63, 3.8) is 0 Å². The molecule has 2 heterocycles. The fraction of sp³-hybridized carbons (Fsp3) is 0.364. The Hall–Kier alpha value is -0.840. The first-order chi connectivity index (χ1) is 7.75. The lowest BCUT2D eigenvalue weighted by molar-refractivity contribution is 0.546. The van der Waals surface area contributed by atoms with Crippen LogP contribution in [0.5, 0.6) is 0 Å². The molecular formula is C11H14ClN3S. The van der Waals surface area contributed by atoms with Gasteiger partial charge >= 0.3 is 0 Å². The van der Waals surface area contributed by atoms with Gasteiger partial charge in [0, 0.05) is 29.9 Å². The Kier molecular flexibility index (Phi) is 3.98. The third-order valence-corrected chi connectivity index (χ3v) is 3.59. The summed E-state index contributed by atoms with van der Waals surface area (Å²) in [7, 11) is 0. The number of nitrogens with zero attached hydrogens (tertiary/aromatic N) is 2. The standard InChI is InChI=1S/C11H14ClN3S/c1-9-4-5-14-15(9)7-6-13-8-10-2-3-11(12)16-10/h2-5,13H,6-8H2,1H3. The van der Waals surface area contributed by atoms with Crippen molar-refractivity contribution in [1.82, 2.24) is 15.1 Å². The van der Waals surface area contributed by atoms with Gasteiger partial charge in [-0.15, -0.1) is 11.3 Å². The number of halogens is 1. The second-order valence-electron chi connectivity index (χ2n) is 3.58. The minimum absolute atomic E-state index is 0.847. The van der Waals surface area contributed by atoms with Crippen LogP contribution in [0.2, 0.25) is 4.34 Å². The van der Waals surface area contributed by atoms with Crippen molar-refractivity contribution in [3.05, 3.63) is 39.3 Å². The molecule has 3 nitrogen and oxygen atoms in total. The molecule has 2 aromatic rings. The van der Waals surface area contributed by atoms with Gasteiger partial charge in [0.05, 0.1) is 10.9 Å². The quantitative estimate of drug-likeness (QED) is 0.833. The van der Waals surface area contributed by atoms with E-state index in [9.17, 15) is 0 Å². The van der Waals surface area contributed by atoms with Gasteiger partial charge in [-0.05, 0) is 25.1 Å². The maximum atomic E-state index is 5.85. The van der Waals surface area contributed by atoms with E-state index in [0.717, 1.165) is 24.0 Å². The lowest BCUT2D eigenvalue weighted by Gasteiger charge is -2.05. The first kappa shape index (κ1) is 11.6. The number of hydrogen-bond donors (Lipinski definition) is 1. The van der Waals surface area contributed by atoms with E-state index < -0.39 is 0 Å². The van der Waals surface area contributed by atoms with Gasteiger partial charge in [0.25, 0.3) is 0 Å². The van der Waals surface area contributed by atoms with Gasteiger partial charge in [0.2, 0.25) is 0 Å². The van der Waals surface area contributed by atoms with Crippen molar-refractivity contribution in [2.24, 2.45) is 0 Å². The smallest absolute Gasteiger partial charge is 0.0931 e. The molecule has 0 atom stereocenters. The zero-order valence-electron chi connectivity index (χ0n) is 9.11. The number of aryl methyl sites for hydroxylation is 1. The highest BCUT2D eigenvalue weighted by atomic mass is 35.5. The number of aromatic nitrogens is 2. The molecule has 0 aliphatic heterocycles. The van der Waals surface area contributed by atoms with Crippen molar-refractivity contribution in [2.75, 3.05) is 6.54 Å². The highest BCUT2D eigenvalue weighted by Gasteiger charge is 1.98. The van der Waals surface area contributed by atoms with Crippen LogP contribution in [0.4, 0.5) is 0 Å². The van der Waals surface area contributed by atoms with Crippen molar-refractivity contribution in [3.8, 4) is 0 Å². The average Bonchev–Trinajstić information content (AvgIpc) is 2.83. The molecule has 0 saturated carbocycles. The summed E-state index contributed by atoms with van der Waals surface area (Å²) in [5, 5.41) is 7.59. The molecule has 0 bridgehead atoms. The van der Waals surface area contributed by atoms with Crippen LogP contribution in [-0.4, -0.2) is 16.3 Å². The Morgan fingerprint density at radius 1 is 1.44 bits per heavy atom. The van der Waals surface area contributed by atoms with Crippen LogP contribution < -0.4 is 5.32 Å². The molecule has 0 saturated heterocycles. The molecule has 0 spiro atoms. The molecule has 2 aromatic heterocycles. The van der Waals surface area contributed by atoms with E-state index in [4.69, 9.17) is 11.6 Å². The fourth-order valence-electron chi connectivity index (χ4n) is 1.48. The minimum Gasteiger partial charge on any atom is -0.310 e. The Morgan fingerprint density at radius 3 is 2.94 bits per heavy atom. The van der Waals surface area contributed by atoms with E-state index in [-0.39, 0.29) is 0 Å². The zero-order valence-corrected chi connectivity index (χ0v) is 10.7. The van der Waals surface area contributed by atoms with Crippen molar-refractivity contribution < 1.29 is 0 Å². The summed E-state index contributed by atoms with van der Waals surface area (Å²) >= 11 is 7.47. The number of hydrogen-bond acceptors (Lipinski definition) is 3. The third-order valence-electron chi connectivity index (χ3n) is 2.36. The molecule has 0 unspecified atom stereocenters. The molecule has 2 rings (SSSR count). The molecule has 5 heteroatoms. The topological polar surface area (TPSA) is 29.9 Å². The predicted octanol–water partition coefficient (Wildman–Crippen LogP) is 2.70. The molecular weight excluding hydrogens is 242 g/mol. The molecule has 0 fully saturated rings. The van der Waals surface area contributed by atoms with Gasteiger partial charge in [-0.2, -0.15) is 5.10 Å². The first-order valence-corrected chi connectivity index (χ1v) is 6.38. The molecule has 0 amide bonds. The van der Waals surface area contributed by atoms with E-state index in [1.165, 1.54) is 10.6 Å². The molecule has 16 heavy (non-hydrogen) atoms. The maximum Gasteiger partial charge on any atom is 0.0931 e. The summed E-state index contributed by atoms with van der Waals surface area (Å²) in [6.07, 6.45) is 1.83. The maximum absolute atomic E-state index is 5.85. The van der Waals surface area contributed by atoms with Gasteiger partial charge in [-0.3, -0.25) is 4.68 Å². The van der Waals surface area contributed by atoms with Gasteiger partial charge in [-0.1, -0.05) is 11.6 Å². The monoisotopic (exact) mass is 255 g/mol. The van der Waals surface area contributed by atoms with E-state index in [0.29, 0.717) is 0 Å². The van der Waals surface area contributed by atoms with Crippen LogP contribution in [0.1, 0.15) is 10.6 Å². The predicted molar refractivity (Wildman–Crippen MR) is 68.0 cm³/mol. The average molecular weight is 256 g/mol. The highest BCUT2D eigenvalue weighted by Crippen LogP contribution is 2.20. The van der Waals surface area contributed by atoms with Crippen LogP contribution >= 0.6 is 22.9 Å². The van der Waals surface area contributed by atoms with Crippen molar-refractivity contribution in [2.45, 2.75) is 20.0 Å². The molecule has 1 N–H and O–H groups in total. The summed E-state index contributed by atoms with van der Waals surface area (Å²) in [5.74, 6) is 0. The molecule has 0 aliphatic carbocycles. The zero-order chi connectivity index (χ0) is 11.4. The Bertz CT molecular complexity index is 450. The van der Waals surface area contributed by atoms with Crippen LogP contribution in [0.3, 0.4) is 0 Å². The second-order valence-corrected chi connectivity index (χ2v) is 5.38. The van der Waals surface area contributed by atoms with Gasteiger partial charge in [0.1, 0.15) is 0 Å². The van der Waals surface area contributed by atoms with E-state index in [2.05, 4.69) is 23.4 Å². The third kappa shape index (κ3) is 3.07. The molecule has 0 radical (unpaired) electrons. The van der Waals surface area contributed by atoms with Crippen LogP contribution in [0.25, 0.3) is 0 Å². The van der Waals surface area contributed by atoms with Gasteiger partial charge in [-0.25, -0.2) is 0 Å². The normalized spacial score (nSPS) is 10.9. The van der Waals surface area contributed by atoms with E-state index in [1.807, 2.05) is 23.0 Å². The van der Waals surface area contributed by atoms with Crippen LogP contribution in [0.15, 0.2) is 24.4 Å². The van der Waals surface area contributed by atoms with Crippen molar-refractivity contribution >= 4 is 22.9 Å². The van der Waals surface area contributed by atoms with E-state index in [1.54, 1.807) is 11.3 Å². The SMILES string of the molecule is Cc1ccnn1CCNCc1ccc(Cl)s1. The summed E-state index contributed by atoms with van der Waals surface area (Å²) in [5.41, 5.74) is 1.20. The number of rotatable bonds is 5. The second kappa shape index (κ2) is 5.48. The number of thiophene rings is 1. The summed E-state index contributed by atoms with van der Waals surface area (Å²) in [6.45, 7) is 4.75. The Morgan fingerprint density at radius 2 is 2.31 bits per heavy atom. The molecule has 0 aromatic carbocycles. The first-order valence-electron chi connectivity index (χ1n) is 5.19. The lowest BCUT2D eigenvalue weighted by Crippen LogP contribution is -2.20. The molecule has 0 aliphatic rings.